The molecule has 0 spiro atoms. The Bertz CT molecular complexity index is 813. The summed E-state index contributed by atoms with van der Waals surface area (Å²) < 4.78 is 18.4. The van der Waals surface area contributed by atoms with E-state index in [1.165, 1.54) is 24.3 Å². The van der Waals surface area contributed by atoms with E-state index in [0.29, 0.717) is 5.69 Å². The lowest BCUT2D eigenvalue weighted by Crippen LogP contribution is -2.20. The second-order valence-electron chi connectivity index (χ2n) is 5.44. The molecule has 130 valence electrons. The quantitative estimate of drug-likeness (QED) is 0.638. The van der Waals surface area contributed by atoms with Gasteiger partial charge in [-0.15, -0.1) is 0 Å². The van der Waals surface area contributed by atoms with Crippen LogP contribution in [0.2, 0.25) is 5.02 Å². The highest BCUT2D eigenvalue weighted by molar-refractivity contribution is 6.32. The maximum atomic E-state index is 13.6. The molecule has 0 saturated carbocycles. The standard InChI is InChI=1S/C19H17ClFNO3/c1-12-6-8-17(13(2)10-12)22-18(23)11-25-19(24)9-7-14-15(20)4-3-5-16(14)21/h3-10H,11H2,1-2H3,(H,22,23)/b9-7+. The predicted octanol–water partition coefficient (Wildman–Crippen LogP) is 4.29. The molecule has 0 aliphatic heterocycles. The molecule has 0 radical (unpaired) electrons. The van der Waals surface area contributed by atoms with Crippen LogP contribution in [-0.4, -0.2) is 18.5 Å². The van der Waals surface area contributed by atoms with Crippen molar-refractivity contribution >= 4 is 35.2 Å². The molecule has 0 aliphatic carbocycles. The number of carbonyl (C=O) groups is 2. The van der Waals surface area contributed by atoms with Crippen LogP contribution in [0.15, 0.2) is 42.5 Å². The zero-order valence-electron chi connectivity index (χ0n) is 13.8. The Balaban J connectivity index is 1.89. The number of carbonyl (C=O) groups excluding carboxylic acids is 2. The number of ether oxygens (including phenoxy) is 1. The smallest absolute Gasteiger partial charge is 0.331 e. The van der Waals surface area contributed by atoms with Crippen molar-refractivity contribution in [3.05, 3.63) is 70.0 Å². The second kappa shape index (κ2) is 8.44. The lowest BCUT2D eigenvalue weighted by molar-refractivity contribution is -0.142. The normalized spacial score (nSPS) is 10.7. The van der Waals surface area contributed by atoms with Crippen LogP contribution in [0, 0.1) is 19.7 Å². The Kier molecular flexibility index (Phi) is 6.31. The number of hydrogen-bond donors (Lipinski definition) is 1. The molecule has 0 unspecified atom stereocenters. The van der Waals surface area contributed by atoms with Gasteiger partial charge in [0, 0.05) is 17.3 Å². The van der Waals surface area contributed by atoms with Gasteiger partial charge in [-0.05, 0) is 43.7 Å². The molecule has 0 saturated heterocycles. The van der Waals surface area contributed by atoms with Crippen LogP contribution in [0.1, 0.15) is 16.7 Å². The molecule has 4 nitrogen and oxygen atoms in total. The average Bonchev–Trinajstić information content (AvgIpc) is 2.55. The van der Waals surface area contributed by atoms with Crippen molar-refractivity contribution in [2.75, 3.05) is 11.9 Å². The maximum Gasteiger partial charge on any atom is 0.331 e. The van der Waals surface area contributed by atoms with Crippen LogP contribution in [0.4, 0.5) is 10.1 Å². The van der Waals surface area contributed by atoms with E-state index in [1.54, 1.807) is 6.07 Å². The van der Waals surface area contributed by atoms with Gasteiger partial charge in [0.1, 0.15) is 5.82 Å². The zero-order chi connectivity index (χ0) is 18.4. The maximum absolute atomic E-state index is 13.6. The molecule has 2 aromatic carbocycles. The first-order valence-electron chi connectivity index (χ1n) is 7.53. The first-order chi connectivity index (χ1) is 11.9. The summed E-state index contributed by atoms with van der Waals surface area (Å²) in [5, 5.41) is 2.84. The number of anilines is 1. The Morgan fingerprint density at radius 1 is 1.24 bits per heavy atom. The third kappa shape index (κ3) is 5.43. The molecule has 0 fully saturated rings. The Labute approximate surface area is 150 Å². The summed E-state index contributed by atoms with van der Waals surface area (Å²) in [5.74, 6) is -1.78. The molecule has 0 aromatic heterocycles. The molecule has 0 bridgehead atoms. The van der Waals surface area contributed by atoms with Gasteiger partial charge in [-0.3, -0.25) is 4.79 Å². The molecule has 2 rings (SSSR count). The SMILES string of the molecule is Cc1ccc(NC(=O)COC(=O)/C=C/c2c(F)cccc2Cl)c(C)c1. The largest absolute Gasteiger partial charge is 0.452 e. The van der Waals surface area contributed by atoms with E-state index in [0.717, 1.165) is 17.2 Å². The topological polar surface area (TPSA) is 55.4 Å². The van der Waals surface area contributed by atoms with Crippen molar-refractivity contribution < 1.29 is 18.7 Å². The monoisotopic (exact) mass is 361 g/mol. The summed E-state index contributed by atoms with van der Waals surface area (Å²) in [5.41, 5.74) is 2.73. The van der Waals surface area contributed by atoms with Crippen molar-refractivity contribution in [1.29, 1.82) is 0 Å². The van der Waals surface area contributed by atoms with E-state index in [2.05, 4.69) is 5.32 Å². The number of esters is 1. The molecule has 25 heavy (non-hydrogen) atoms. The molecule has 1 N–H and O–H groups in total. The van der Waals surface area contributed by atoms with Crippen LogP contribution < -0.4 is 5.32 Å². The Morgan fingerprint density at radius 3 is 2.68 bits per heavy atom. The van der Waals surface area contributed by atoms with Crippen LogP contribution >= 0.6 is 11.6 Å². The number of rotatable bonds is 5. The van der Waals surface area contributed by atoms with Crippen LogP contribution in [0.3, 0.4) is 0 Å². The third-order valence-corrected chi connectivity index (χ3v) is 3.72. The third-order valence-electron chi connectivity index (χ3n) is 3.39. The minimum Gasteiger partial charge on any atom is -0.452 e. The van der Waals surface area contributed by atoms with Gasteiger partial charge in [0.15, 0.2) is 6.61 Å². The molecule has 0 aliphatic rings. The van der Waals surface area contributed by atoms with Gasteiger partial charge in [-0.1, -0.05) is 35.4 Å². The summed E-state index contributed by atoms with van der Waals surface area (Å²) in [6, 6.07) is 9.79. The van der Waals surface area contributed by atoms with Gasteiger partial charge >= 0.3 is 5.97 Å². The van der Waals surface area contributed by atoms with Crippen LogP contribution in [0.25, 0.3) is 6.08 Å². The van der Waals surface area contributed by atoms with Crippen LogP contribution in [0.5, 0.6) is 0 Å². The summed E-state index contributed by atoms with van der Waals surface area (Å²) in [7, 11) is 0. The molecular weight excluding hydrogens is 345 g/mol. The molecule has 1 amide bonds. The number of benzene rings is 2. The van der Waals surface area contributed by atoms with E-state index in [1.807, 2.05) is 26.0 Å². The van der Waals surface area contributed by atoms with Gasteiger partial charge in [-0.25, -0.2) is 9.18 Å². The van der Waals surface area contributed by atoms with E-state index < -0.39 is 24.3 Å². The van der Waals surface area contributed by atoms with E-state index >= 15 is 0 Å². The number of nitrogens with one attached hydrogen (secondary N) is 1. The van der Waals surface area contributed by atoms with Gasteiger partial charge in [-0.2, -0.15) is 0 Å². The molecule has 0 heterocycles. The Hall–Kier alpha value is -2.66. The van der Waals surface area contributed by atoms with Crippen molar-refractivity contribution in [2.45, 2.75) is 13.8 Å². The fourth-order valence-corrected chi connectivity index (χ4v) is 2.37. The molecule has 0 atom stereocenters. The second-order valence-corrected chi connectivity index (χ2v) is 5.85. The van der Waals surface area contributed by atoms with Crippen molar-refractivity contribution in [3.63, 3.8) is 0 Å². The predicted molar refractivity (Wildman–Crippen MR) is 95.9 cm³/mol. The van der Waals surface area contributed by atoms with Crippen molar-refractivity contribution in [3.8, 4) is 0 Å². The summed E-state index contributed by atoms with van der Waals surface area (Å²) in [6.07, 6.45) is 2.23. The minimum absolute atomic E-state index is 0.0841. The van der Waals surface area contributed by atoms with Crippen molar-refractivity contribution in [1.82, 2.24) is 0 Å². The lowest BCUT2D eigenvalue weighted by Gasteiger charge is -2.09. The summed E-state index contributed by atoms with van der Waals surface area (Å²) in [4.78, 5) is 23.5. The van der Waals surface area contributed by atoms with Crippen LogP contribution in [-0.2, 0) is 14.3 Å². The van der Waals surface area contributed by atoms with E-state index in [9.17, 15) is 14.0 Å². The van der Waals surface area contributed by atoms with E-state index in [-0.39, 0.29) is 10.6 Å². The molecular formula is C19H17ClFNO3. The van der Waals surface area contributed by atoms with Crippen molar-refractivity contribution in [2.24, 2.45) is 0 Å². The first-order valence-corrected chi connectivity index (χ1v) is 7.90. The fourth-order valence-electron chi connectivity index (χ4n) is 2.15. The average molecular weight is 362 g/mol. The fraction of sp³-hybridized carbons (Fsp3) is 0.158. The summed E-state index contributed by atoms with van der Waals surface area (Å²) in [6.45, 7) is 3.38. The number of amides is 1. The van der Waals surface area contributed by atoms with Gasteiger partial charge in [0.2, 0.25) is 0 Å². The first kappa shape index (κ1) is 18.7. The molecule has 6 heteroatoms. The van der Waals surface area contributed by atoms with Gasteiger partial charge < -0.3 is 10.1 Å². The lowest BCUT2D eigenvalue weighted by atomic mass is 10.1. The van der Waals surface area contributed by atoms with Gasteiger partial charge in [0.25, 0.3) is 5.91 Å². The Morgan fingerprint density at radius 2 is 2.00 bits per heavy atom. The van der Waals surface area contributed by atoms with E-state index in [4.69, 9.17) is 16.3 Å². The number of hydrogen-bond acceptors (Lipinski definition) is 3. The molecule has 2 aromatic rings. The highest BCUT2D eigenvalue weighted by Crippen LogP contribution is 2.20. The zero-order valence-corrected chi connectivity index (χ0v) is 14.6. The number of halogens is 2. The highest BCUT2D eigenvalue weighted by Gasteiger charge is 2.08. The summed E-state index contributed by atoms with van der Waals surface area (Å²) >= 11 is 5.85. The number of aryl methyl sites for hydroxylation is 2. The highest BCUT2D eigenvalue weighted by atomic mass is 35.5. The minimum atomic E-state index is -0.768. The van der Waals surface area contributed by atoms with Gasteiger partial charge in [0.05, 0.1) is 5.02 Å².